The Bertz CT molecular complexity index is 756. The highest BCUT2D eigenvalue weighted by Crippen LogP contribution is 2.24. The van der Waals surface area contributed by atoms with E-state index in [2.05, 4.69) is 45.2 Å². The molecule has 0 spiro atoms. The first-order chi connectivity index (χ1) is 10.8. The lowest BCUT2D eigenvalue weighted by molar-refractivity contribution is 0.206. The van der Waals surface area contributed by atoms with Gasteiger partial charge in [-0.1, -0.05) is 18.2 Å². The molecule has 0 unspecified atom stereocenters. The third-order valence-corrected chi connectivity index (χ3v) is 3.71. The molecule has 0 N–H and O–H groups in total. The van der Waals surface area contributed by atoms with E-state index in [1.807, 2.05) is 31.6 Å². The minimum atomic E-state index is 0.691. The summed E-state index contributed by atoms with van der Waals surface area (Å²) in [6, 6.07) is 14.4. The van der Waals surface area contributed by atoms with Crippen molar-refractivity contribution in [1.29, 1.82) is 0 Å². The van der Waals surface area contributed by atoms with Gasteiger partial charge in [0.1, 0.15) is 5.82 Å². The number of methoxy groups -OCH3 is 1. The SMILES string of the molecule is COCCN(C)c1ccc(-c2ccc3cccnc3c2)cn1. The van der Waals surface area contributed by atoms with Gasteiger partial charge >= 0.3 is 0 Å². The molecule has 0 saturated heterocycles. The van der Waals surface area contributed by atoms with Crippen molar-refractivity contribution in [2.75, 3.05) is 32.2 Å². The van der Waals surface area contributed by atoms with Crippen LogP contribution in [0.15, 0.2) is 54.9 Å². The third-order valence-electron chi connectivity index (χ3n) is 3.71. The molecule has 0 atom stereocenters. The molecule has 1 aromatic carbocycles. The molecule has 22 heavy (non-hydrogen) atoms. The Hall–Kier alpha value is -2.46. The average molecular weight is 293 g/mol. The minimum absolute atomic E-state index is 0.691. The molecule has 0 aliphatic carbocycles. The van der Waals surface area contributed by atoms with Gasteiger partial charge in [0.15, 0.2) is 0 Å². The molecule has 0 amide bonds. The summed E-state index contributed by atoms with van der Waals surface area (Å²) >= 11 is 0. The van der Waals surface area contributed by atoms with Crippen molar-refractivity contribution in [2.45, 2.75) is 0 Å². The van der Waals surface area contributed by atoms with E-state index in [-0.39, 0.29) is 0 Å². The molecule has 4 heteroatoms. The molecular weight excluding hydrogens is 274 g/mol. The molecule has 112 valence electrons. The van der Waals surface area contributed by atoms with E-state index < -0.39 is 0 Å². The molecule has 0 saturated carbocycles. The van der Waals surface area contributed by atoms with Gasteiger partial charge in [0.25, 0.3) is 0 Å². The highest BCUT2D eigenvalue weighted by Gasteiger charge is 2.04. The zero-order valence-electron chi connectivity index (χ0n) is 12.9. The van der Waals surface area contributed by atoms with Gasteiger partial charge in [-0.2, -0.15) is 0 Å². The maximum atomic E-state index is 5.09. The van der Waals surface area contributed by atoms with Crippen molar-refractivity contribution in [2.24, 2.45) is 0 Å². The van der Waals surface area contributed by atoms with Crippen LogP contribution in [0.4, 0.5) is 5.82 Å². The summed E-state index contributed by atoms with van der Waals surface area (Å²) in [6.07, 6.45) is 3.72. The zero-order chi connectivity index (χ0) is 15.4. The van der Waals surface area contributed by atoms with Crippen LogP contribution in [-0.2, 0) is 4.74 Å². The van der Waals surface area contributed by atoms with Crippen molar-refractivity contribution >= 4 is 16.7 Å². The van der Waals surface area contributed by atoms with E-state index >= 15 is 0 Å². The van der Waals surface area contributed by atoms with E-state index in [9.17, 15) is 0 Å². The summed E-state index contributed by atoms with van der Waals surface area (Å²) in [4.78, 5) is 11.0. The van der Waals surface area contributed by atoms with Crippen molar-refractivity contribution in [3.63, 3.8) is 0 Å². The lowest BCUT2D eigenvalue weighted by Gasteiger charge is -2.17. The van der Waals surface area contributed by atoms with Gasteiger partial charge in [-0.15, -0.1) is 0 Å². The van der Waals surface area contributed by atoms with Crippen molar-refractivity contribution in [3.05, 3.63) is 54.9 Å². The molecule has 2 aromatic heterocycles. The second-order valence-electron chi connectivity index (χ2n) is 5.23. The molecule has 3 aromatic rings. The maximum absolute atomic E-state index is 5.09. The second-order valence-corrected chi connectivity index (χ2v) is 5.23. The number of rotatable bonds is 5. The lowest BCUT2D eigenvalue weighted by atomic mass is 10.1. The number of hydrogen-bond acceptors (Lipinski definition) is 4. The first-order valence-corrected chi connectivity index (χ1v) is 7.29. The number of nitrogens with zero attached hydrogens (tertiary/aromatic N) is 3. The van der Waals surface area contributed by atoms with Crippen LogP contribution in [-0.4, -0.2) is 37.3 Å². The first kappa shape index (κ1) is 14.5. The van der Waals surface area contributed by atoms with Crippen LogP contribution in [0.1, 0.15) is 0 Å². The summed E-state index contributed by atoms with van der Waals surface area (Å²) in [6.45, 7) is 1.51. The molecule has 0 aliphatic heterocycles. The van der Waals surface area contributed by atoms with E-state index in [1.54, 1.807) is 7.11 Å². The zero-order valence-corrected chi connectivity index (χ0v) is 12.9. The number of benzene rings is 1. The van der Waals surface area contributed by atoms with Crippen LogP contribution in [0.2, 0.25) is 0 Å². The standard InChI is InChI=1S/C18H19N3O/c1-21(10-11-22-2)18-8-7-16(13-20-18)15-6-5-14-4-3-9-19-17(14)12-15/h3-9,12-13H,10-11H2,1-2H3. The first-order valence-electron chi connectivity index (χ1n) is 7.29. The van der Waals surface area contributed by atoms with Gasteiger partial charge in [0, 0.05) is 44.0 Å². The van der Waals surface area contributed by atoms with E-state index in [0.29, 0.717) is 6.61 Å². The Labute approximate surface area is 130 Å². The fourth-order valence-corrected chi connectivity index (χ4v) is 2.37. The highest BCUT2D eigenvalue weighted by atomic mass is 16.5. The van der Waals surface area contributed by atoms with Crippen molar-refractivity contribution in [1.82, 2.24) is 9.97 Å². The predicted molar refractivity (Wildman–Crippen MR) is 90.1 cm³/mol. The maximum Gasteiger partial charge on any atom is 0.128 e. The van der Waals surface area contributed by atoms with Gasteiger partial charge < -0.3 is 9.64 Å². The van der Waals surface area contributed by atoms with Crippen molar-refractivity contribution in [3.8, 4) is 11.1 Å². The molecule has 2 heterocycles. The van der Waals surface area contributed by atoms with E-state index in [4.69, 9.17) is 4.74 Å². The smallest absolute Gasteiger partial charge is 0.128 e. The van der Waals surface area contributed by atoms with Crippen LogP contribution in [0.5, 0.6) is 0 Å². The van der Waals surface area contributed by atoms with Crippen LogP contribution in [0.3, 0.4) is 0 Å². The van der Waals surface area contributed by atoms with Crippen molar-refractivity contribution < 1.29 is 4.74 Å². The number of hydrogen-bond donors (Lipinski definition) is 0. The predicted octanol–water partition coefficient (Wildman–Crippen LogP) is 3.38. The molecule has 0 aliphatic rings. The molecule has 4 nitrogen and oxygen atoms in total. The Morgan fingerprint density at radius 3 is 2.68 bits per heavy atom. The van der Waals surface area contributed by atoms with Gasteiger partial charge in [0.2, 0.25) is 0 Å². The normalized spacial score (nSPS) is 10.8. The monoisotopic (exact) mass is 293 g/mol. The Morgan fingerprint density at radius 2 is 1.91 bits per heavy atom. The fraction of sp³-hybridized carbons (Fsp3) is 0.222. The number of likely N-dealkylation sites (N-methyl/N-ethyl adjacent to an activating group) is 1. The largest absolute Gasteiger partial charge is 0.383 e. The topological polar surface area (TPSA) is 38.2 Å². The van der Waals surface area contributed by atoms with Gasteiger partial charge in [-0.25, -0.2) is 4.98 Å². The molecule has 3 rings (SSSR count). The number of ether oxygens (including phenoxy) is 1. The summed E-state index contributed by atoms with van der Waals surface area (Å²) in [5, 5.41) is 1.15. The second kappa shape index (κ2) is 6.54. The summed E-state index contributed by atoms with van der Waals surface area (Å²) < 4.78 is 5.09. The average Bonchev–Trinajstić information content (AvgIpc) is 2.59. The summed E-state index contributed by atoms with van der Waals surface area (Å²) in [7, 11) is 3.72. The molecule has 0 bridgehead atoms. The Kier molecular flexibility index (Phi) is 4.30. The molecular formula is C18H19N3O. The fourth-order valence-electron chi connectivity index (χ4n) is 2.37. The Balaban J connectivity index is 1.84. The summed E-state index contributed by atoms with van der Waals surface area (Å²) in [5.74, 6) is 0.944. The minimum Gasteiger partial charge on any atom is -0.383 e. The number of fused-ring (bicyclic) bond motifs is 1. The Morgan fingerprint density at radius 1 is 1.05 bits per heavy atom. The van der Waals surface area contributed by atoms with Crippen LogP contribution >= 0.6 is 0 Å². The van der Waals surface area contributed by atoms with Gasteiger partial charge in [-0.05, 0) is 29.8 Å². The lowest BCUT2D eigenvalue weighted by Crippen LogP contribution is -2.22. The molecule has 0 radical (unpaired) electrons. The third kappa shape index (κ3) is 3.07. The van der Waals surface area contributed by atoms with Crippen LogP contribution < -0.4 is 4.90 Å². The van der Waals surface area contributed by atoms with Crippen LogP contribution in [0, 0.1) is 0 Å². The quantitative estimate of drug-likeness (QED) is 0.723. The van der Waals surface area contributed by atoms with Crippen LogP contribution in [0.25, 0.3) is 22.0 Å². The van der Waals surface area contributed by atoms with E-state index in [0.717, 1.165) is 34.4 Å². The number of aromatic nitrogens is 2. The number of pyridine rings is 2. The molecule has 0 fully saturated rings. The number of anilines is 1. The van der Waals surface area contributed by atoms with Gasteiger partial charge in [-0.3, -0.25) is 4.98 Å². The summed E-state index contributed by atoms with van der Waals surface area (Å²) in [5.41, 5.74) is 3.22. The van der Waals surface area contributed by atoms with E-state index in [1.165, 1.54) is 0 Å². The van der Waals surface area contributed by atoms with Gasteiger partial charge in [0.05, 0.1) is 12.1 Å². The highest BCUT2D eigenvalue weighted by molar-refractivity contribution is 5.83.